The van der Waals surface area contributed by atoms with Gasteiger partial charge in [0.05, 0.1) is 0 Å². The smallest absolute Gasteiger partial charge is 0.318 e. The molecule has 6 nitrogen and oxygen atoms in total. The lowest BCUT2D eigenvalue weighted by Gasteiger charge is -2.35. The largest absolute Gasteiger partial charge is 0.335 e. The number of urea groups is 1. The molecule has 1 aliphatic carbocycles. The Balaban J connectivity index is 1.98. The molecule has 1 atom stereocenters. The molecule has 1 saturated carbocycles. The highest BCUT2D eigenvalue weighted by Crippen LogP contribution is 2.18. The summed E-state index contributed by atoms with van der Waals surface area (Å²) in [5.41, 5.74) is 0. The minimum Gasteiger partial charge on any atom is -0.335 e. The second-order valence-corrected chi connectivity index (χ2v) is 5.25. The van der Waals surface area contributed by atoms with E-state index in [9.17, 15) is 14.4 Å². The van der Waals surface area contributed by atoms with Crippen LogP contribution < -0.4 is 10.6 Å². The van der Waals surface area contributed by atoms with Crippen LogP contribution in [0.5, 0.6) is 0 Å². The van der Waals surface area contributed by atoms with Gasteiger partial charge >= 0.3 is 6.03 Å². The number of amides is 4. The summed E-state index contributed by atoms with van der Waals surface area (Å²) < 4.78 is 0. The molecule has 0 bridgehead atoms. The van der Waals surface area contributed by atoms with E-state index in [1.807, 2.05) is 6.92 Å². The summed E-state index contributed by atoms with van der Waals surface area (Å²) in [6, 6.07) is -0.651. The Morgan fingerprint density at radius 1 is 1.32 bits per heavy atom. The maximum atomic E-state index is 12.2. The molecule has 4 amide bonds. The van der Waals surface area contributed by atoms with Gasteiger partial charge in [-0.25, -0.2) is 4.79 Å². The van der Waals surface area contributed by atoms with Gasteiger partial charge in [-0.3, -0.25) is 14.9 Å². The van der Waals surface area contributed by atoms with Crippen molar-refractivity contribution in [3.8, 4) is 0 Å². The van der Waals surface area contributed by atoms with E-state index in [-0.39, 0.29) is 24.5 Å². The molecule has 2 N–H and O–H groups in total. The SMILES string of the molecule is CCC1C(=O)NC(=O)CN1C(=O)NC1CCCCC1. The van der Waals surface area contributed by atoms with Gasteiger partial charge in [-0.15, -0.1) is 0 Å². The third-order valence-corrected chi connectivity index (χ3v) is 3.84. The van der Waals surface area contributed by atoms with Crippen molar-refractivity contribution in [2.24, 2.45) is 0 Å². The predicted molar refractivity (Wildman–Crippen MR) is 69.3 cm³/mol. The van der Waals surface area contributed by atoms with Crippen molar-refractivity contribution >= 4 is 17.8 Å². The van der Waals surface area contributed by atoms with Gasteiger partial charge in [-0.05, 0) is 19.3 Å². The van der Waals surface area contributed by atoms with Gasteiger partial charge in [0.25, 0.3) is 0 Å². The summed E-state index contributed by atoms with van der Waals surface area (Å²) in [7, 11) is 0. The molecule has 6 heteroatoms. The lowest BCUT2D eigenvalue weighted by molar-refractivity contribution is -0.138. The van der Waals surface area contributed by atoms with E-state index in [1.165, 1.54) is 11.3 Å². The number of nitrogens with zero attached hydrogens (tertiary/aromatic N) is 1. The van der Waals surface area contributed by atoms with Crippen LogP contribution in [-0.4, -0.2) is 41.4 Å². The van der Waals surface area contributed by atoms with Crippen LogP contribution in [0, 0.1) is 0 Å². The average Bonchev–Trinajstić information content (AvgIpc) is 2.39. The Morgan fingerprint density at radius 3 is 2.63 bits per heavy atom. The Labute approximate surface area is 112 Å². The van der Waals surface area contributed by atoms with E-state index in [4.69, 9.17) is 0 Å². The first-order valence-corrected chi connectivity index (χ1v) is 7.02. The number of imide groups is 1. The van der Waals surface area contributed by atoms with E-state index in [1.54, 1.807) is 0 Å². The summed E-state index contributed by atoms with van der Waals surface area (Å²) in [6.07, 6.45) is 5.95. The lowest BCUT2D eigenvalue weighted by Crippen LogP contribution is -2.62. The molecule has 19 heavy (non-hydrogen) atoms. The first-order chi connectivity index (χ1) is 9.11. The van der Waals surface area contributed by atoms with Gasteiger partial charge in [-0.1, -0.05) is 26.2 Å². The van der Waals surface area contributed by atoms with Crippen molar-refractivity contribution in [1.29, 1.82) is 0 Å². The third-order valence-electron chi connectivity index (χ3n) is 3.84. The zero-order chi connectivity index (χ0) is 13.8. The fraction of sp³-hybridized carbons (Fsp3) is 0.769. The molecule has 0 radical (unpaired) electrons. The number of carbonyl (C=O) groups excluding carboxylic acids is 3. The fourth-order valence-electron chi connectivity index (χ4n) is 2.79. The van der Waals surface area contributed by atoms with Crippen LogP contribution >= 0.6 is 0 Å². The second kappa shape index (κ2) is 6.04. The van der Waals surface area contributed by atoms with Gasteiger partial charge < -0.3 is 10.2 Å². The first kappa shape index (κ1) is 13.8. The van der Waals surface area contributed by atoms with Crippen LogP contribution in [0.3, 0.4) is 0 Å². The molecule has 2 rings (SSSR count). The zero-order valence-corrected chi connectivity index (χ0v) is 11.3. The Hall–Kier alpha value is -1.59. The van der Waals surface area contributed by atoms with E-state index in [0.717, 1.165) is 25.7 Å². The van der Waals surface area contributed by atoms with Crippen LogP contribution in [-0.2, 0) is 9.59 Å². The Kier molecular flexibility index (Phi) is 4.39. The Morgan fingerprint density at radius 2 is 2.00 bits per heavy atom. The molecule has 0 aromatic rings. The minimum absolute atomic E-state index is 0.0389. The monoisotopic (exact) mass is 267 g/mol. The maximum absolute atomic E-state index is 12.2. The summed E-state index contributed by atoms with van der Waals surface area (Å²) in [5, 5.41) is 5.22. The molecule has 0 aromatic heterocycles. The number of carbonyl (C=O) groups is 3. The second-order valence-electron chi connectivity index (χ2n) is 5.25. The highest BCUT2D eigenvalue weighted by molar-refractivity contribution is 6.04. The van der Waals surface area contributed by atoms with Crippen LogP contribution in [0.2, 0.25) is 0 Å². The van der Waals surface area contributed by atoms with E-state index < -0.39 is 11.9 Å². The maximum Gasteiger partial charge on any atom is 0.318 e. The first-order valence-electron chi connectivity index (χ1n) is 7.02. The van der Waals surface area contributed by atoms with E-state index in [0.29, 0.717) is 6.42 Å². The van der Waals surface area contributed by atoms with Crippen molar-refractivity contribution < 1.29 is 14.4 Å². The third kappa shape index (κ3) is 3.24. The average molecular weight is 267 g/mol. The molecular formula is C13H21N3O3. The zero-order valence-electron chi connectivity index (χ0n) is 11.3. The van der Waals surface area contributed by atoms with Crippen molar-refractivity contribution in [2.45, 2.75) is 57.5 Å². The molecule has 1 saturated heterocycles. The minimum atomic E-state index is -0.540. The number of nitrogens with one attached hydrogen (secondary N) is 2. The van der Waals surface area contributed by atoms with Crippen LogP contribution in [0.4, 0.5) is 4.79 Å². The molecule has 0 aromatic carbocycles. The predicted octanol–water partition coefficient (Wildman–Crippen LogP) is 0.766. The highest BCUT2D eigenvalue weighted by Gasteiger charge is 2.36. The summed E-state index contributed by atoms with van der Waals surface area (Å²) in [6.45, 7) is 1.80. The van der Waals surface area contributed by atoms with E-state index in [2.05, 4.69) is 10.6 Å². The van der Waals surface area contributed by atoms with Gasteiger partial charge in [0.1, 0.15) is 12.6 Å². The molecule has 2 fully saturated rings. The lowest BCUT2D eigenvalue weighted by atomic mass is 9.95. The standard InChI is InChI=1S/C13H21N3O3/c1-2-10-12(18)15-11(17)8-16(10)13(19)14-9-6-4-3-5-7-9/h9-10H,2-8H2,1H3,(H,14,19)(H,15,17,18). The summed E-state index contributed by atoms with van der Waals surface area (Å²) in [5.74, 6) is -0.786. The number of piperazine rings is 1. The molecule has 2 aliphatic rings. The molecule has 1 unspecified atom stereocenters. The van der Waals surface area contributed by atoms with Crippen molar-refractivity contribution in [3.05, 3.63) is 0 Å². The summed E-state index contributed by atoms with van der Waals surface area (Å²) >= 11 is 0. The number of rotatable bonds is 2. The van der Waals surface area contributed by atoms with Crippen molar-refractivity contribution in [2.75, 3.05) is 6.54 Å². The molecule has 106 valence electrons. The van der Waals surface area contributed by atoms with Gasteiger partial charge in [-0.2, -0.15) is 0 Å². The fourth-order valence-corrected chi connectivity index (χ4v) is 2.79. The van der Waals surface area contributed by atoms with Crippen LogP contribution in [0.25, 0.3) is 0 Å². The van der Waals surface area contributed by atoms with E-state index >= 15 is 0 Å². The number of hydrogen-bond donors (Lipinski definition) is 2. The number of hydrogen-bond acceptors (Lipinski definition) is 3. The topological polar surface area (TPSA) is 78.5 Å². The molecular weight excluding hydrogens is 246 g/mol. The Bertz CT molecular complexity index is 377. The van der Waals surface area contributed by atoms with Gasteiger partial charge in [0.15, 0.2) is 0 Å². The molecule has 1 heterocycles. The van der Waals surface area contributed by atoms with Gasteiger partial charge in [0, 0.05) is 6.04 Å². The molecule has 0 spiro atoms. The van der Waals surface area contributed by atoms with Crippen molar-refractivity contribution in [3.63, 3.8) is 0 Å². The molecule has 1 aliphatic heterocycles. The highest BCUT2D eigenvalue weighted by atomic mass is 16.2. The van der Waals surface area contributed by atoms with Crippen molar-refractivity contribution in [1.82, 2.24) is 15.5 Å². The van der Waals surface area contributed by atoms with Crippen LogP contribution in [0.1, 0.15) is 45.4 Å². The van der Waals surface area contributed by atoms with Gasteiger partial charge in [0.2, 0.25) is 11.8 Å². The quantitative estimate of drug-likeness (QED) is 0.725. The summed E-state index contributed by atoms with van der Waals surface area (Å²) in [4.78, 5) is 36.6. The van der Waals surface area contributed by atoms with Crippen LogP contribution in [0.15, 0.2) is 0 Å². The normalized spacial score (nSPS) is 25.1.